The van der Waals surface area contributed by atoms with Gasteiger partial charge in [-0.15, -0.1) is 22.7 Å². The summed E-state index contributed by atoms with van der Waals surface area (Å²) in [4.78, 5) is 9.53. The number of hydrogen-bond acceptors (Lipinski definition) is 4. The largest absolute Gasteiger partial charge is 0.241 e. The third kappa shape index (κ3) is 1.86. The molecule has 2 aromatic heterocycles. The molecule has 0 saturated heterocycles. The van der Waals surface area contributed by atoms with Crippen LogP contribution < -0.4 is 0 Å². The van der Waals surface area contributed by atoms with E-state index >= 15 is 0 Å². The average molecular weight is 371 g/mol. The average Bonchev–Trinajstić information content (AvgIpc) is 3.21. The molecule has 0 spiro atoms. The molecule has 2 nitrogen and oxygen atoms in total. The van der Waals surface area contributed by atoms with Gasteiger partial charge in [0, 0.05) is 10.8 Å². The summed E-state index contributed by atoms with van der Waals surface area (Å²) in [7, 11) is 0. The Bertz CT molecular complexity index is 1390. The molecule has 0 atom stereocenters. The molecule has 6 rings (SSSR count). The van der Waals surface area contributed by atoms with Crippen molar-refractivity contribution in [2.75, 3.05) is 0 Å². The summed E-state index contributed by atoms with van der Waals surface area (Å²) in [6.45, 7) is 4.15. The molecule has 0 aliphatic heterocycles. The molecule has 0 N–H and O–H groups in total. The van der Waals surface area contributed by atoms with Gasteiger partial charge in [0.05, 0.1) is 30.4 Å². The molecular weight excluding hydrogens is 356 g/mol. The fraction of sp³-hybridized carbons (Fsp3) is 0.0909. The molecule has 0 aliphatic rings. The van der Waals surface area contributed by atoms with Gasteiger partial charge in [-0.05, 0) is 47.5 Å². The highest BCUT2D eigenvalue weighted by molar-refractivity contribution is 7.19. The van der Waals surface area contributed by atoms with Crippen LogP contribution in [0.1, 0.15) is 10.0 Å². The van der Waals surface area contributed by atoms with Crippen LogP contribution in [0.3, 0.4) is 0 Å². The minimum absolute atomic E-state index is 1.12. The molecule has 0 fully saturated rings. The predicted octanol–water partition coefficient (Wildman–Crippen LogP) is 6.98. The summed E-state index contributed by atoms with van der Waals surface area (Å²) >= 11 is 3.52. The summed E-state index contributed by atoms with van der Waals surface area (Å²) in [6.07, 6.45) is 0. The number of nitrogens with zero attached hydrogens (tertiary/aromatic N) is 2. The molecule has 26 heavy (non-hydrogen) atoms. The second kappa shape index (κ2) is 5.00. The Balaban J connectivity index is 1.81. The molecule has 0 amide bonds. The molecule has 2 heterocycles. The van der Waals surface area contributed by atoms with Crippen LogP contribution in [0.2, 0.25) is 0 Å². The van der Waals surface area contributed by atoms with E-state index in [0.29, 0.717) is 0 Å². The lowest BCUT2D eigenvalue weighted by molar-refractivity contribution is 1.35. The van der Waals surface area contributed by atoms with Crippen molar-refractivity contribution in [1.82, 2.24) is 9.97 Å². The highest BCUT2D eigenvalue weighted by Crippen LogP contribution is 2.38. The van der Waals surface area contributed by atoms with Crippen LogP contribution >= 0.6 is 22.7 Å². The normalized spacial score (nSPS) is 12.2. The van der Waals surface area contributed by atoms with E-state index in [9.17, 15) is 0 Å². The van der Waals surface area contributed by atoms with Gasteiger partial charge in [0.25, 0.3) is 0 Å². The van der Waals surface area contributed by atoms with Gasteiger partial charge < -0.3 is 0 Å². The zero-order valence-corrected chi connectivity index (χ0v) is 16.0. The Hall–Kier alpha value is -2.56. The molecule has 0 saturated carbocycles. The second-order valence-corrected chi connectivity index (χ2v) is 9.18. The van der Waals surface area contributed by atoms with Crippen LogP contribution in [0.15, 0.2) is 48.5 Å². The first-order valence-electron chi connectivity index (χ1n) is 8.60. The number of aryl methyl sites for hydroxylation is 2. The van der Waals surface area contributed by atoms with Crippen LogP contribution in [0.5, 0.6) is 0 Å². The van der Waals surface area contributed by atoms with Crippen LogP contribution in [0, 0.1) is 13.8 Å². The third-order valence-corrected chi connectivity index (χ3v) is 6.99. The number of benzene rings is 4. The number of aromatic nitrogens is 2. The number of fused-ring (bicyclic) bond motifs is 9. The Kier molecular flexibility index (Phi) is 2.80. The summed E-state index contributed by atoms with van der Waals surface area (Å²) in [5, 5.41) is 9.84. The summed E-state index contributed by atoms with van der Waals surface area (Å²) < 4.78 is 2.52. The topological polar surface area (TPSA) is 25.8 Å². The maximum atomic E-state index is 4.76. The molecule has 0 aliphatic carbocycles. The van der Waals surface area contributed by atoms with Gasteiger partial charge in [-0.3, -0.25) is 0 Å². The quantitative estimate of drug-likeness (QED) is 0.269. The van der Waals surface area contributed by atoms with E-state index < -0.39 is 0 Å². The van der Waals surface area contributed by atoms with E-state index in [-0.39, 0.29) is 0 Å². The number of hydrogen-bond donors (Lipinski definition) is 0. The minimum Gasteiger partial charge on any atom is -0.241 e. The first-order chi connectivity index (χ1) is 12.7. The highest BCUT2D eigenvalue weighted by Gasteiger charge is 2.12. The molecule has 124 valence electrons. The Morgan fingerprint density at radius 2 is 0.846 bits per heavy atom. The molecule has 0 unspecified atom stereocenters. The van der Waals surface area contributed by atoms with Gasteiger partial charge in [-0.2, -0.15) is 0 Å². The van der Waals surface area contributed by atoms with Crippen molar-refractivity contribution in [3.8, 4) is 0 Å². The van der Waals surface area contributed by atoms with Gasteiger partial charge in [-0.25, -0.2) is 9.97 Å². The van der Waals surface area contributed by atoms with Crippen LogP contribution in [0.25, 0.3) is 52.8 Å². The van der Waals surface area contributed by atoms with Crippen LogP contribution in [-0.2, 0) is 0 Å². The van der Waals surface area contributed by atoms with Crippen molar-refractivity contribution < 1.29 is 0 Å². The standard InChI is InChI=1S/C22H14N2S2/c1-11-23-21-17-5-3-14-13(15(17)7-9-19(21)25-11)4-6-18-16(14)8-10-20-22(18)24-12(2)26-20/h3-10H,1-2H3. The Morgan fingerprint density at radius 3 is 1.31 bits per heavy atom. The van der Waals surface area contributed by atoms with Crippen molar-refractivity contribution in [1.29, 1.82) is 0 Å². The number of rotatable bonds is 0. The zero-order chi connectivity index (χ0) is 17.4. The smallest absolute Gasteiger partial charge is 0.0908 e. The van der Waals surface area contributed by atoms with Crippen LogP contribution in [0.4, 0.5) is 0 Å². The second-order valence-electron chi connectivity index (χ2n) is 6.71. The van der Waals surface area contributed by atoms with E-state index in [1.807, 2.05) is 0 Å². The summed E-state index contributed by atoms with van der Waals surface area (Å²) in [5.74, 6) is 0. The SMILES string of the molecule is Cc1nc2c(ccc3c4ccc5c(ccc6sc(C)nc65)c4ccc32)s1. The van der Waals surface area contributed by atoms with E-state index in [0.717, 1.165) is 21.0 Å². The third-order valence-electron chi connectivity index (χ3n) is 5.12. The maximum Gasteiger partial charge on any atom is 0.0908 e. The predicted molar refractivity (Wildman–Crippen MR) is 115 cm³/mol. The van der Waals surface area contributed by atoms with E-state index in [2.05, 4.69) is 62.4 Å². The van der Waals surface area contributed by atoms with E-state index in [1.165, 1.54) is 41.7 Å². The van der Waals surface area contributed by atoms with Crippen molar-refractivity contribution in [3.05, 3.63) is 58.5 Å². The summed E-state index contributed by atoms with van der Waals surface area (Å²) in [5.41, 5.74) is 2.25. The lowest BCUT2D eigenvalue weighted by atomic mass is 9.96. The van der Waals surface area contributed by atoms with Gasteiger partial charge in [0.15, 0.2) is 0 Å². The van der Waals surface area contributed by atoms with Gasteiger partial charge in [0.1, 0.15) is 0 Å². The molecular formula is C22H14N2S2. The first kappa shape index (κ1) is 14.6. The van der Waals surface area contributed by atoms with Crippen LogP contribution in [-0.4, -0.2) is 9.97 Å². The van der Waals surface area contributed by atoms with E-state index in [1.54, 1.807) is 22.7 Å². The summed E-state index contributed by atoms with van der Waals surface area (Å²) in [6, 6.07) is 17.9. The molecule has 4 heteroatoms. The molecule has 0 radical (unpaired) electrons. The molecule has 6 aromatic rings. The van der Waals surface area contributed by atoms with Crippen molar-refractivity contribution in [2.24, 2.45) is 0 Å². The molecule has 0 bridgehead atoms. The minimum atomic E-state index is 1.12. The van der Waals surface area contributed by atoms with Gasteiger partial charge >= 0.3 is 0 Å². The lowest BCUT2D eigenvalue weighted by Gasteiger charge is -2.08. The monoisotopic (exact) mass is 370 g/mol. The van der Waals surface area contributed by atoms with Gasteiger partial charge in [0.2, 0.25) is 0 Å². The van der Waals surface area contributed by atoms with E-state index in [4.69, 9.17) is 9.97 Å². The maximum absolute atomic E-state index is 4.76. The zero-order valence-electron chi connectivity index (χ0n) is 14.3. The Labute approximate surface area is 157 Å². The number of thiazole rings is 2. The van der Waals surface area contributed by atoms with Crippen molar-refractivity contribution in [3.63, 3.8) is 0 Å². The fourth-order valence-corrected chi connectivity index (χ4v) is 5.73. The first-order valence-corrected chi connectivity index (χ1v) is 10.2. The van der Waals surface area contributed by atoms with Gasteiger partial charge in [-0.1, -0.05) is 36.4 Å². The van der Waals surface area contributed by atoms with Crippen molar-refractivity contribution >= 4 is 75.4 Å². The van der Waals surface area contributed by atoms with Crippen molar-refractivity contribution in [2.45, 2.75) is 13.8 Å². The lowest BCUT2D eigenvalue weighted by Crippen LogP contribution is -1.83. The fourth-order valence-electron chi connectivity index (χ4n) is 4.04. The Morgan fingerprint density at radius 1 is 0.500 bits per heavy atom. The molecule has 4 aromatic carbocycles. The highest BCUT2D eigenvalue weighted by atomic mass is 32.1.